The zero-order valence-corrected chi connectivity index (χ0v) is 10.2. The van der Waals surface area contributed by atoms with E-state index in [4.69, 9.17) is 5.11 Å². The van der Waals surface area contributed by atoms with Crippen molar-refractivity contribution in [3.8, 4) is 0 Å². The number of unbranched alkanes of at least 4 members (excludes halogenated alkanes) is 1. The number of aliphatic hydroxyl groups excluding tert-OH is 1. The number of aliphatic hydroxyl groups is 1. The van der Waals surface area contributed by atoms with Crippen molar-refractivity contribution in [3.63, 3.8) is 0 Å². The van der Waals surface area contributed by atoms with Crippen molar-refractivity contribution in [2.24, 2.45) is 0 Å². The Balaban J connectivity index is 3.64. The van der Waals surface area contributed by atoms with Crippen LogP contribution in [0.1, 0.15) is 46.5 Å². The molecule has 0 heterocycles. The molecule has 0 bridgehead atoms. The molecule has 0 saturated heterocycles. The molecular formula is C14H24O. The lowest BCUT2D eigenvalue weighted by atomic mass is 10.1. The van der Waals surface area contributed by atoms with Crippen LogP contribution >= 0.6 is 0 Å². The molecule has 0 aliphatic carbocycles. The molecule has 0 radical (unpaired) electrons. The third-order valence-corrected chi connectivity index (χ3v) is 2.21. The second kappa shape index (κ2) is 9.72. The second-order valence-electron chi connectivity index (χ2n) is 3.98. The third-order valence-electron chi connectivity index (χ3n) is 2.21. The van der Waals surface area contributed by atoms with Gasteiger partial charge in [-0.25, -0.2) is 0 Å². The summed E-state index contributed by atoms with van der Waals surface area (Å²) in [5.41, 5.74) is 1.33. The maximum absolute atomic E-state index is 9.12. The van der Waals surface area contributed by atoms with E-state index < -0.39 is 0 Å². The Morgan fingerprint density at radius 3 is 2.53 bits per heavy atom. The smallest absolute Gasteiger partial charge is 0.0515 e. The van der Waals surface area contributed by atoms with Crippen LogP contribution in [0.5, 0.6) is 0 Å². The normalized spacial score (nSPS) is 15.3. The molecule has 1 heteroatoms. The molecule has 0 aromatic carbocycles. The maximum Gasteiger partial charge on any atom is 0.0515 e. The Kier molecular flexibility index (Phi) is 9.19. The van der Waals surface area contributed by atoms with E-state index in [1.54, 1.807) is 0 Å². The van der Waals surface area contributed by atoms with Crippen LogP contribution in [0.2, 0.25) is 0 Å². The standard InChI is InChI=1S/C14H24O/c1-4-5-6-7-8-9-10-13(2)11-12-14(3)15/h4-5,8-10,14-15H,6-7,11-12H2,1-3H3/b5-4-,9-8+,13-10+. The summed E-state index contributed by atoms with van der Waals surface area (Å²) in [5, 5.41) is 9.12. The van der Waals surface area contributed by atoms with Gasteiger partial charge in [-0.1, -0.05) is 36.0 Å². The topological polar surface area (TPSA) is 20.2 Å². The molecule has 0 fully saturated rings. The van der Waals surface area contributed by atoms with E-state index in [9.17, 15) is 0 Å². The molecule has 1 nitrogen and oxygen atoms in total. The van der Waals surface area contributed by atoms with Crippen LogP contribution in [-0.4, -0.2) is 11.2 Å². The molecule has 86 valence electrons. The molecule has 0 spiro atoms. The van der Waals surface area contributed by atoms with Crippen LogP contribution in [0.25, 0.3) is 0 Å². The SMILES string of the molecule is C/C=C\CC/C=C/C=C(\C)CCC(C)O. The summed E-state index contributed by atoms with van der Waals surface area (Å²) in [5.74, 6) is 0. The average Bonchev–Trinajstić information content (AvgIpc) is 2.20. The van der Waals surface area contributed by atoms with Gasteiger partial charge in [0.15, 0.2) is 0 Å². The van der Waals surface area contributed by atoms with E-state index in [1.165, 1.54) is 5.57 Å². The number of allylic oxidation sites excluding steroid dienone is 6. The van der Waals surface area contributed by atoms with Gasteiger partial charge in [0, 0.05) is 0 Å². The third kappa shape index (κ3) is 11.1. The Hall–Kier alpha value is -0.820. The number of hydrogen-bond donors (Lipinski definition) is 1. The first-order valence-corrected chi connectivity index (χ1v) is 5.78. The van der Waals surface area contributed by atoms with Crippen LogP contribution < -0.4 is 0 Å². The van der Waals surface area contributed by atoms with Gasteiger partial charge >= 0.3 is 0 Å². The van der Waals surface area contributed by atoms with Gasteiger partial charge < -0.3 is 5.11 Å². The van der Waals surface area contributed by atoms with Crippen LogP contribution in [0.3, 0.4) is 0 Å². The summed E-state index contributed by atoms with van der Waals surface area (Å²) >= 11 is 0. The van der Waals surface area contributed by atoms with Crippen molar-refractivity contribution in [2.75, 3.05) is 0 Å². The molecule has 0 aliphatic heterocycles. The lowest BCUT2D eigenvalue weighted by Gasteiger charge is -2.02. The Morgan fingerprint density at radius 2 is 1.93 bits per heavy atom. The summed E-state index contributed by atoms with van der Waals surface area (Å²) in [6.45, 7) is 5.99. The van der Waals surface area contributed by atoms with Gasteiger partial charge in [0.25, 0.3) is 0 Å². The molecule has 0 aliphatic rings. The second-order valence-corrected chi connectivity index (χ2v) is 3.98. The molecule has 0 amide bonds. The molecule has 1 atom stereocenters. The van der Waals surface area contributed by atoms with Gasteiger partial charge in [-0.15, -0.1) is 0 Å². The number of hydrogen-bond acceptors (Lipinski definition) is 1. The predicted molar refractivity (Wildman–Crippen MR) is 67.9 cm³/mol. The minimum Gasteiger partial charge on any atom is -0.393 e. The summed E-state index contributed by atoms with van der Waals surface area (Å²) in [4.78, 5) is 0. The van der Waals surface area contributed by atoms with E-state index in [-0.39, 0.29) is 6.10 Å². The first-order valence-electron chi connectivity index (χ1n) is 5.78. The van der Waals surface area contributed by atoms with Gasteiger partial charge in [-0.3, -0.25) is 0 Å². The van der Waals surface area contributed by atoms with Crippen LogP contribution in [0.4, 0.5) is 0 Å². The highest BCUT2D eigenvalue weighted by Crippen LogP contribution is 2.06. The largest absolute Gasteiger partial charge is 0.393 e. The van der Waals surface area contributed by atoms with Crippen molar-refractivity contribution in [1.82, 2.24) is 0 Å². The minimum atomic E-state index is -0.188. The van der Waals surface area contributed by atoms with E-state index in [2.05, 4.69) is 37.3 Å². The average molecular weight is 208 g/mol. The summed E-state index contributed by atoms with van der Waals surface area (Å²) in [6.07, 6.45) is 14.6. The minimum absolute atomic E-state index is 0.188. The van der Waals surface area contributed by atoms with Gasteiger partial charge in [0.05, 0.1) is 6.10 Å². The fraction of sp³-hybridized carbons (Fsp3) is 0.571. The fourth-order valence-electron chi connectivity index (χ4n) is 1.21. The monoisotopic (exact) mass is 208 g/mol. The van der Waals surface area contributed by atoms with E-state index >= 15 is 0 Å². The predicted octanol–water partition coefficient (Wildman–Crippen LogP) is 4.01. The fourth-order valence-corrected chi connectivity index (χ4v) is 1.21. The van der Waals surface area contributed by atoms with Gasteiger partial charge in [-0.2, -0.15) is 0 Å². The first-order chi connectivity index (χ1) is 7.16. The Morgan fingerprint density at radius 1 is 1.27 bits per heavy atom. The van der Waals surface area contributed by atoms with Gasteiger partial charge in [0.1, 0.15) is 0 Å². The highest BCUT2D eigenvalue weighted by molar-refractivity contribution is 5.10. The summed E-state index contributed by atoms with van der Waals surface area (Å²) in [7, 11) is 0. The van der Waals surface area contributed by atoms with E-state index in [0.717, 1.165) is 25.7 Å². The van der Waals surface area contributed by atoms with E-state index in [0.29, 0.717) is 0 Å². The lowest BCUT2D eigenvalue weighted by Crippen LogP contribution is -1.98. The van der Waals surface area contributed by atoms with Gasteiger partial charge in [0.2, 0.25) is 0 Å². The van der Waals surface area contributed by atoms with Crippen LogP contribution in [0.15, 0.2) is 36.0 Å². The zero-order chi connectivity index (χ0) is 11.5. The quantitative estimate of drug-likeness (QED) is 0.381. The van der Waals surface area contributed by atoms with Crippen molar-refractivity contribution >= 4 is 0 Å². The molecule has 0 saturated carbocycles. The molecular weight excluding hydrogens is 184 g/mol. The summed E-state index contributed by atoms with van der Waals surface area (Å²) in [6, 6.07) is 0. The molecule has 1 unspecified atom stereocenters. The molecule has 1 N–H and O–H groups in total. The van der Waals surface area contributed by atoms with Crippen molar-refractivity contribution in [1.29, 1.82) is 0 Å². The highest BCUT2D eigenvalue weighted by Gasteiger charge is 1.94. The van der Waals surface area contributed by atoms with Crippen molar-refractivity contribution in [3.05, 3.63) is 36.0 Å². The van der Waals surface area contributed by atoms with Gasteiger partial charge in [-0.05, 0) is 46.5 Å². The molecule has 0 aromatic heterocycles. The zero-order valence-electron chi connectivity index (χ0n) is 10.2. The van der Waals surface area contributed by atoms with Crippen LogP contribution in [-0.2, 0) is 0 Å². The Bertz CT molecular complexity index is 221. The van der Waals surface area contributed by atoms with Crippen LogP contribution in [0, 0.1) is 0 Å². The number of rotatable bonds is 7. The highest BCUT2D eigenvalue weighted by atomic mass is 16.3. The Labute approximate surface area is 94.2 Å². The maximum atomic E-state index is 9.12. The summed E-state index contributed by atoms with van der Waals surface area (Å²) < 4.78 is 0. The van der Waals surface area contributed by atoms with Crippen molar-refractivity contribution < 1.29 is 5.11 Å². The lowest BCUT2D eigenvalue weighted by molar-refractivity contribution is 0.185. The molecule has 15 heavy (non-hydrogen) atoms. The van der Waals surface area contributed by atoms with E-state index in [1.807, 2.05) is 13.8 Å². The molecule has 0 rings (SSSR count). The molecule has 0 aromatic rings. The first kappa shape index (κ1) is 14.2. The van der Waals surface area contributed by atoms with Crippen molar-refractivity contribution in [2.45, 2.75) is 52.6 Å².